The molecule has 1 saturated heterocycles. The third kappa shape index (κ3) is 7.80. The molecule has 1 amide bonds. The summed E-state index contributed by atoms with van der Waals surface area (Å²) in [4.78, 5) is 38.6. The standard InChI is InChI=1S/C34H41N7O5S/c1-20-18-41(19-21(2)36-20)33-35-15-14-29(39-33)37-26-13-12-25(23-10-8-9-11-24(23)26)30(42)32(43)38-27-16-22(34(3,4)5)17-28(31(27)46-6)40-47(7,44)45/h8-17,20-21,36,40H,18-19H2,1-7H3,(H,38,43)(H,35,37,39). The van der Waals surface area contributed by atoms with Gasteiger partial charge in [-0.3, -0.25) is 14.3 Å². The summed E-state index contributed by atoms with van der Waals surface area (Å²) < 4.78 is 32.2. The maximum Gasteiger partial charge on any atom is 0.296 e. The normalized spacial score (nSPS) is 16.9. The average molecular weight is 660 g/mol. The van der Waals surface area contributed by atoms with Crippen molar-refractivity contribution in [2.45, 2.75) is 52.1 Å². The van der Waals surface area contributed by atoms with E-state index in [0.29, 0.717) is 34.9 Å². The number of benzene rings is 3. The molecular formula is C34H41N7O5S. The summed E-state index contributed by atoms with van der Waals surface area (Å²) in [5, 5.41) is 10.9. The quantitative estimate of drug-likeness (QED) is 0.142. The Kier molecular flexibility index (Phi) is 9.41. The molecule has 2 atom stereocenters. The van der Waals surface area contributed by atoms with Crippen LogP contribution in [0.5, 0.6) is 5.75 Å². The minimum absolute atomic E-state index is 0.0860. The van der Waals surface area contributed by atoms with E-state index in [0.717, 1.165) is 30.3 Å². The molecule has 3 aromatic carbocycles. The topological polar surface area (TPSA) is 155 Å². The molecule has 1 aliphatic heterocycles. The molecule has 0 spiro atoms. The van der Waals surface area contributed by atoms with Crippen molar-refractivity contribution >= 4 is 61.3 Å². The highest BCUT2D eigenvalue weighted by Crippen LogP contribution is 2.39. The number of nitrogens with one attached hydrogen (secondary N) is 4. The van der Waals surface area contributed by atoms with E-state index in [-0.39, 0.29) is 22.7 Å². The van der Waals surface area contributed by atoms with Gasteiger partial charge in [-0.25, -0.2) is 13.4 Å². The SMILES string of the molecule is COc1c(NC(=O)C(=O)c2ccc(Nc3ccnc(N4CC(C)NC(C)C4)n3)c3ccccc23)cc(C(C)(C)C)cc1NS(C)(=O)=O. The number of amides is 1. The first-order chi connectivity index (χ1) is 22.1. The molecule has 2 heterocycles. The molecule has 4 N–H and O–H groups in total. The number of ketones is 1. The van der Waals surface area contributed by atoms with E-state index in [4.69, 9.17) is 9.72 Å². The zero-order chi connectivity index (χ0) is 34.1. The number of anilines is 5. The van der Waals surface area contributed by atoms with Crippen molar-refractivity contribution in [2.24, 2.45) is 0 Å². The molecule has 1 aromatic heterocycles. The minimum atomic E-state index is -3.67. The Morgan fingerprint density at radius 1 is 0.957 bits per heavy atom. The van der Waals surface area contributed by atoms with Crippen LogP contribution in [0, 0.1) is 0 Å². The van der Waals surface area contributed by atoms with Crippen LogP contribution in [0.25, 0.3) is 10.8 Å². The van der Waals surface area contributed by atoms with Crippen molar-refractivity contribution in [1.82, 2.24) is 15.3 Å². The second kappa shape index (κ2) is 13.2. The van der Waals surface area contributed by atoms with E-state index >= 15 is 0 Å². The number of piperazine rings is 1. The van der Waals surface area contributed by atoms with Crippen LogP contribution in [-0.2, 0) is 20.2 Å². The average Bonchev–Trinajstić information content (AvgIpc) is 2.99. The number of hydrogen-bond donors (Lipinski definition) is 4. The Morgan fingerprint density at radius 3 is 2.26 bits per heavy atom. The summed E-state index contributed by atoms with van der Waals surface area (Å²) in [6.45, 7) is 11.7. The van der Waals surface area contributed by atoms with Gasteiger partial charge >= 0.3 is 0 Å². The number of methoxy groups -OCH3 is 1. The van der Waals surface area contributed by atoms with Gasteiger partial charge in [0.2, 0.25) is 16.0 Å². The number of carbonyl (C=O) groups is 2. The van der Waals surface area contributed by atoms with Gasteiger partial charge in [0.15, 0.2) is 5.75 Å². The summed E-state index contributed by atoms with van der Waals surface area (Å²) in [7, 11) is -2.31. The maximum atomic E-state index is 13.7. The zero-order valence-electron chi connectivity index (χ0n) is 27.6. The lowest BCUT2D eigenvalue weighted by Gasteiger charge is -2.36. The number of rotatable bonds is 9. The van der Waals surface area contributed by atoms with E-state index in [1.807, 2.05) is 32.9 Å². The van der Waals surface area contributed by atoms with Crippen molar-refractivity contribution in [3.05, 3.63) is 71.9 Å². The highest BCUT2D eigenvalue weighted by atomic mass is 32.2. The van der Waals surface area contributed by atoms with Crippen LogP contribution >= 0.6 is 0 Å². The van der Waals surface area contributed by atoms with Crippen molar-refractivity contribution in [3.8, 4) is 5.75 Å². The molecule has 248 valence electrons. The van der Waals surface area contributed by atoms with Crippen LogP contribution in [0.3, 0.4) is 0 Å². The molecule has 2 unspecified atom stereocenters. The van der Waals surface area contributed by atoms with E-state index in [1.54, 1.807) is 48.7 Å². The van der Waals surface area contributed by atoms with Gasteiger partial charge in [-0.15, -0.1) is 0 Å². The van der Waals surface area contributed by atoms with Crippen molar-refractivity contribution in [1.29, 1.82) is 0 Å². The Morgan fingerprint density at radius 2 is 1.62 bits per heavy atom. The van der Waals surface area contributed by atoms with Gasteiger partial charge in [0.05, 0.1) is 24.7 Å². The van der Waals surface area contributed by atoms with E-state index < -0.39 is 27.1 Å². The van der Waals surface area contributed by atoms with Crippen molar-refractivity contribution in [3.63, 3.8) is 0 Å². The van der Waals surface area contributed by atoms with E-state index in [2.05, 4.69) is 44.4 Å². The van der Waals surface area contributed by atoms with Crippen LogP contribution < -0.4 is 30.3 Å². The van der Waals surface area contributed by atoms with Gasteiger partial charge in [0, 0.05) is 48.0 Å². The van der Waals surface area contributed by atoms with Gasteiger partial charge in [0.25, 0.3) is 11.7 Å². The molecule has 12 nitrogen and oxygen atoms in total. The van der Waals surface area contributed by atoms with Gasteiger partial charge in [-0.1, -0.05) is 45.0 Å². The molecule has 0 aliphatic carbocycles. The molecule has 1 aliphatic rings. The summed E-state index contributed by atoms with van der Waals surface area (Å²) in [6.07, 6.45) is 2.74. The Labute approximate surface area is 275 Å². The third-order valence-corrected chi connectivity index (χ3v) is 8.41. The number of Topliss-reactive ketones (excluding diaryl/α,β-unsaturated/α-hetero) is 1. The molecule has 5 rings (SSSR count). The van der Waals surface area contributed by atoms with Crippen LogP contribution in [0.15, 0.2) is 60.8 Å². The fourth-order valence-electron chi connectivity index (χ4n) is 5.76. The second-order valence-electron chi connectivity index (χ2n) is 13.0. The Bertz CT molecular complexity index is 1930. The van der Waals surface area contributed by atoms with Crippen LogP contribution in [-0.4, -0.2) is 68.6 Å². The van der Waals surface area contributed by atoms with E-state index in [1.165, 1.54) is 7.11 Å². The minimum Gasteiger partial charge on any atom is -0.492 e. The monoisotopic (exact) mass is 659 g/mol. The number of hydrogen-bond acceptors (Lipinski definition) is 10. The van der Waals surface area contributed by atoms with Gasteiger partial charge in [0.1, 0.15) is 5.82 Å². The van der Waals surface area contributed by atoms with Crippen LogP contribution in [0.2, 0.25) is 0 Å². The van der Waals surface area contributed by atoms with Crippen LogP contribution in [0.4, 0.5) is 28.8 Å². The molecule has 0 radical (unpaired) electrons. The largest absolute Gasteiger partial charge is 0.492 e. The lowest BCUT2D eigenvalue weighted by Crippen LogP contribution is -2.54. The van der Waals surface area contributed by atoms with Gasteiger partial charge in [-0.05, 0) is 60.5 Å². The fourth-order valence-corrected chi connectivity index (χ4v) is 6.31. The Balaban J connectivity index is 1.44. The predicted molar refractivity (Wildman–Crippen MR) is 187 cm³/mol. The smallest absolute Gasteiger partial charge is 0.296 e. The summed E-state index contributed by atoms with van der Waals surface area (Å²) >= 11 is 0. The number of ether oxygens (including phenoxy) is 1. The second-order valence-corrected chi connectivity index (χ2v) is 14.7. The lowest BCUT2D eigenvalue weighted by molar-refractivity contribution is -0.112. The first-order valence-corrected chi connectivity index (χ1v) is 17.2. The van der Waals surface area contributed by atoms with Gasteiger partial charge in [-0.2, -0.15) is 4.98 Å². The third-order valence-electron chi connectivity index (χ3n) is 7.82. The number of nitrogens with zero attached hydrogens (tertiary/aromatic N) is 3. The number of aromatic nitrogens is 2. The number of carbonyl (C=O) groups excluding carboxylic acids is 2. The molecule has 13 heteroatoms. The zero-order valence-corrected chi connectivity index (χ0v) is 28.5. The molecule has 1 fully saturated rings. The number of sulfonamides is 1. The molecular weight excluding hydrogens is 618 g/mol. The molecule has 0 saturated carbocycles. The first-order valence-electron chi connectivity index (χ1n) is 15.3. The molecule has 0 bridgehead atoms. The Hall–Kier alpha value is -4.75. The predicted octanol–water partition coefficient (Wildman–Crippen LogP) is 5.06. The molecule has 47 heavy (non-hydrogen) atoms. The van der Waals surface area contributed by atoms with Gasteiger partial charge < -0.3 is 25.6 Å². The summed E-state index contributed by atoms with van der Waals surface area (Å²) in [5.41, 5.74) is 1.55. The van der Waals surface area contributed by atoms with Crippen molar-refractivity contribution in [2.75, 3.05) is 46.7 Å². The highest BCUT2D eigenvalue weighted by Gasteiger charge is 2.26. The summed E-state index contributed by atoms with van der Waals surface area (Å²) in [6, 6.07) is 16.4. The lowest BCUT2D eigenvalue weighted by atomic mass is 9.86. The summed E-state index contributed by atoms with van der Waals surface area (Å²) in [5.74, 6) is -0.350. The first kappa shape index (κ1) is 33.6. The maximum absolute atomic E-state index is 13.7. The molecule has 4 aromatic rings. The van der Waals surface area contributed by atoms with Crippen LogP contribution in [0.1, 0.15) is 50.5 Å². The fraction of sp³-hybridized carbons (Fsp3) is 0.353. The van der Waals surface area contributed by atoms with E-state index in [9.17, 15) is 18.0 Å². The number of fused-ring (bicyclic) bond motifs is 1. The van der Waals surface area contributed by atoms with Crippen molar-refractivity contribution < 1.29 is 22.7 Å². The highest BCUT2D eigenvalue weighted by molar-refractivity contribution is 7.92.